The predicted molar refractivity (Wildman–Crippen MR) is 109 cm³/mol. The first kappa shape index (κ1) is 20.2. The highest BCUT2D eigenvalue weighted by atomic mass is 16.4. The maximum atomic E-state index is 11.1. The fourth-order valence-corrected chi connectivity index (χ4v) is 3.84. The monoisotopic (exact) mass is 382 g/mol. The number of rotatable bonds is 10. The van der Waals surface area contributed by atoms with Gasteiger partial charge < -0.3 is 10.4 Å². The SMILES string of the molecule is O=C(O)CC(CCCCCCc1ccc2c(n1)NCCCC2)c1cncnc1. The third kappa shape index (κ3) is 6.29. The van der Waals surface area contributed by atoms with Gasteiger partial charge in [0.05, 0.1) is 6.42 Å². The van der Waals surface area contributed by atoms with Crippen molar-refractivity contribution in [3.8, 4) is 0 Å². The molecule has 0 aliphatic carbocycles. The molecule has 2 aromatic heterocycles. The van der Waals surface area contributed by atoms with Crippen LogP contribution in [0.15, 0.2) is 30.9 Å². The van der Waals surface area contributed by atoms with Gasteiger partial charge in [0.2, 0.25) is 0 Å². The van der Waals surface area contributed by atoms with Gasteiger partial charge in [-0.2, -0.15) is 0 Å². The summed E-state index contributed by atoms with van der Waals surface area (Å²) in [4.78, 5) is 24.0. The number of aryl methyl sites for hydroxylation is 2. The van der Waals surface area contributed by atoms with E-state index >= 15 is 0 Å². The first-order valence-electron chi connectivity index (χ1n) is 10.4. The largest absolute Gasteiger partial charge is 0.481 e. The summed E-state index contributed by atoms with van der Waals surface area (Å²) >= 11 is 0. The van der Waals surface area contributed by atoms with Crippen molar-refractivity contribution in [2.45, 2.75) is 70.1 Å². The first-order valence-corrected chi connectivity index (χ1v) is 10.4. The maximum Gasteiger partial charge on any atom is 0.303 e. The average molecular weight is 383 g/mol. The van der Waals surface area contributed by atoms with E-state index in [1.165, 1.54) is 30.4 Å². The molecular formula is C22H30N4O2. The van der Waals surface area contributed by atoms with E-state index < -0.39 is 5.97 Å². The van der Waals surface area contributed by atoms with Crippen LogP contribution in [0.1, 0.15) is 74.1 Å². The molecule has 0 aromatic carbocycles. The molecule has 1 aliphatic heterocycles. The lowest BCUT2D eigenvalue weighted by molar-refractivity contribution is -0.137. The molecule has 1 atom stereocenters. The summed E-state index contributed by atoms with van der Waals surface area (Å²) in [7, 11) is 0. The summed E-state index contributed by atoms with van der Waals surface area (Å²) in [6, 6.07) is 4.40. The van der Waals surface area contributed by atoms with Gasteiger partial charge in [0, 0.05) is 24.6 Å². The van der Waals surface area contributed by atoms with Crippen LogP contribution < -0.4 is 5.32 Å². The van der Waals surface area contributed by atoms with Crippen molar-refractivity contribution in [2.24, 2.45) is 0 Å². The van der Waals surface area contributed by atoms with Crippen LogP contribution >= 0.6 is 0 Å². The van der Waals surface area contributed by atoms with Crippen molar-refractivity contribution in [2.75, 3.05) is 11.9 Å². The van der Waals surface area contributed by atoms with E-state index in [0.717, 1.165) is 62.9 Å². The van der Waals surface area contributed by atoms with Crippen LogP contribution in [-0.4, -0.2) is 32.6 Å². The zero-order chi connectivity index (χ0) is 19.6. The number of carboxylic acids is 1. The van der Waals surface area contributed by atoms with Crippen LogP contribution in [-0.2, 0) is 17.6 Å². The lowest BCUT2D eigenvalue weighted by Crippen LogP contribution is -2.07. The Bertz CT molecular complexity index is 751. The minimum Gasteiger partial charge on any atom is -0.481 e. The fourth-order valence-electron chi connectivity index (χ4n) is 3.84. The van der Waals surface area contributed by atoms with Gasteiger partial charge in [-0.05, 0) is 61.6 Å². The third-order valence-electron chi connectivity index (χ3n) is 5.41. The molecule has 0 radical (unpaired) electrons. The number of aliphatic carboxylic acids is 1. The zero-order valence-electron chi connectivity index (χ0n) is 16.4. The lowest BCUT2D eigenvalue weighted by Gasteiger charge is -2.14. The summed E-state index contributed by atoms with van der Waals surface area (Å²) in [6.07, 6.45) is 14.9. The highest BCUT2D eigenvalue weighted by molar-refractivity contribution is 5.68. The number of pyridine rings is 1. The van der Waals surface area contributed by atoms with Crippen LogP contribution in [0.2, 0.25) is 0 Å². The maximum absolute atomic E-state index is 11.1. The van der Waals surface area contributed by atoms with E-state index in [4.69, 9.17) is 10.1 Å². The van der Waals surface area contributed by atoms with Gasteiger partial charge in [-0.25, -0.2) is 15.0 Å². The number of unbranched alkanes of at least 4 members (excludes halogenated alkanes) is 3. The number of hydrogen-bond acceptors (Lipinski definition) is 5. The van der Waals surface area contributed by atoms with Crippen LogP contribution in [0, 0.1) is 0 Å². The van der Waals surface area contributed by atoms with E-state index in [1.807, 2.05) is 0 Å². The molecule has 3 heterocycles. The van der Waals surface area contributed by atoms with Crippen molar-refractivity contribution in [1.29, 1.82) is 0 Å². The number of fused-ring (bicyclic) bond motifs is 1. The molecule has 28 heavy (non-hydrogen) atoms. The smallest absolute Gasteiger partial charge is 0.303 e. The molecule has 0 bridgehead atoms. The predicted octanol–water partition coefficient (Wildman–Crippen LogP) is 4.37. The molecule has 6 heteroatoms. The highest BCUT2D eigenvalue weighted by Crippen LogP contribution is 2.25. The molecular weight excluding hydrogens is 352 g/mol. The molecule has 2 N–H and O–H groups in total. The second kappa shape index (κ2) is 10.7. The summed E-state index contributed by atoms with van der Waals surface area (Å²) < 4.78 is 0. The Kier molecular flexibility index (Phi) is 7.76. The number of carbonyl (C=O) groups is 1. The van der Waals surface area contributed by atoms with Gasteiger partial charge >= 0.3 is 5.97 Å². The zero-order valence-corrected chi connectivity index (χ0v) is 16.4. The van der Waals surface area contributed by atoms with Gasteiger partial charge in [0.15, 0.2) is 0 Å². The van der Waals surface area contributed by atoms with E-state index in [2.05, 4.69) is 27.4 Å². The second-order valence-electron chi connectivity index (χ2n) is 7.61. The topological polar surface area (TPSA) is 88.0 Å². The van der Waals surface area contributed by atoms with Crippen molar-refractivity contribution < 1.29 is 9.90 Å². The summed E-state index contributed by atoms with van der Waals surface area (Å²) in [5, 5.41) is 12.6. The van der Waals surface area contributed by atoms with Crippen LogP contribution in [0.4, 0.5) is 5.82 Å². The minimum absolute atomic E-state index is 0.00368. The van der Waals surface area contributed by atoms with E-state index in [9.17, 15) is 4.79 Å². The third-order valence-corrected chi connectivity index (χ3v) is 5.41. The van der Waals surface area contributed by atoms with Gasteiger partial charge in [-0.3, -0.25) is 4.79 Å². The normalized spacial score (nSPS) is 14.6. The number of carboxylic acid groups (broad SMARTS) is 1. The summed E-state index contributed by atoms with van der Waals surface area (Å²) in [5.41, 5.74) is 3.43. The van der Waals surface area contributed by atoms with Crippen molar-refractivity contribution >= 4 is 11.8 Å². The number of anilines is 1. The molecule has 3 rings (SSSR count). The Morgan fingerprint density at radius 1 is 1.11 bits per heavy atom. The van der Waals surface area contributed by atoms with Crippen molar-refractivity contribution in [3.05, 3.63) is 47.7 Å². The van der Waals surface area contributed by atoms with Crippen molar-refractivity contribution in [1.82, 2.24) is 15.0 Å². The molecule has 2 aromatic rings. The van der Waals surface area contributed by atoms with Crippen molar-refractivity contribution in [3.63, 3.8) is 0 Å². The Hall–Kier alpha value is -2.50. The van der Waals surface area contributed by atoms with Gasteiger partial charge in [0.25, 0.3) is 0 Å². The van der Waals surface area contributed by atoms with E-state index in [1.54, 1.807) is 12.4 Å². The standard InChI is InChI=1S/C22H30N4O2/c27-21(28)13-18(19-14-23-16-24-15-19)8-3-1-2-4-9-20-11-10-17-7-5-6-12-25-22(17)26-20/h10-11,14-16,18H,1-9,12-13H2,(H,25,26)(H,27,28). The molecule has 0 fully saturated rings. The van der Waals surface area contributed by atoms with Crippen LogP contribution in [0.25, 0.3) is 0 Å². The Morgan fingerprint density at radius 2 is 1.93 bits per heavy atom. The number of aromatic nitrogens is 3. The summed E-state index contributed by atoms with van der Waals surface area (Å²) in [5.74, 6) is 0.310. The molecule has 1 aliphatic rings. The molecule has 0 spiro atoms. The average Bonchev–Trinajstić information content (AvgIpc) is 2.95. The number of nitrogens with one attached hydrogen (secondary N) is 1. The molecule has 1 unspecified atom stereocenters. The molecule has 150 valence electrons. The molecule has 0 amide bonds. The quantitative estimate of drug-likeness (QED) is 0.593. The van der Waals surface area contributed by atoms with Gasteiger partial charge in [-0.1, -0.05) is 25.3 Å². The molecule has 0 saturated heterocycles. The summed E-state index contributed by atoms with van der Waals surface area (Å²) in [6.45, 7) is 1.02. The van der Waals surface area contributed by atoms with E-state index in [-0.39, 0.29) is 12.3 Å². The second-order valence-corrected chi connectivity index (χ2v) is 7.61. The van der Waals surface area contributed by atoms with Crippen LogP contribution in [0.5, 0.6) is 0 Å². The molecule has 0 saturated carbocycles. The first-order chi connectivity index (χ1) is 13.7. The minimum atomic E-state index is -0.767. The fraction of sp³-hybridized carbons (Fsp3) is 0.545. The number of hydrogen-bond donors (Lipinski definition) is 2. The highest BCUT2D eigenvalue weighted by Gasteiger charge is 2.16. The number of nitrogens with zero attached hydrogens (tertiary/aromatic N) is 3. The Balaban J connectivity index is 1.39. The lowest BCUT2D eigenvalue weighted by atomic mass is 9.92. The Morgan fingerprint density at radius 3 is 2.75 bits per heavy atom. The van der Waals surface area contributed by atoms with Gasteiger partial charge in [0.1, 0.15) is 12.1 Å². The van der Waals surface area contributed by atoms with Gasteiger partial charge in [-0.15, -0.1) is 0 Å². The van der Waals surface area contributed by atoms with Crippen LogP contribution in [0.3, 0.4) is 0 Å². The Labute approximate surface area is 166 Å². The van der Waals surface area contributed by atoms with E-state index in [0.29, 0.717) is 0 Å². The molecule has 6 nitrogen and oxygen atoms in total.